The molecular formula is C14H17BrN2O. The minimum atomic E-state index is 0.206. The lowest BCUT2D eigenvalue weighted by molar-refractivity contribution is 0.0981. The van der Waals surface area contributed by atoms with Gasteiger partial charge in [-0.3, -0.25) is 4.79 Å². The van der Waals surface area contributed by atoms with Gasteiger partial charge in [0, 0.05) is 34.2 Å². The standard InChI is InChI=1S/C14H17BrN2O/c1-2-3-4-5-6-13(18)12-9-17-14-11(12)7-10(15)8-16-14/h7-9H,2-6H2,1H3,(H,16,17). The van der Waals surface area contributed by atoms with Gasteiger partial charge in [0.1, 0.15) is 5.65 Å². The molecule has 0 saturated carbocycles. The number of ketones is 1. The molecule has 2 aromatic heterocycles. The molecule has 1 N–H and O–H groups in total. The van der Waals surface area contributed by atoms with Gasteiger partial charge in [-0.05, 0) is 28.4 Å². The molecule has 0 fully saturated rings. The molecule has 18 heavy (non-hydrogen) atoms. The second kappa shape index (κ2) is 6.14. The first kappa shape index (κ1) is 13.3. The number of unbranched alkanes of at least 4 members (excludes halogenated alkanes) is 3. The number of Topliss-reactive ketones (excluding diaryl/α,β-unsaturated/α-hetero) is 1. The van der Waals surface area contributed by atoms with Crippen molar-refractivity contribution < 1.29 is 4.79 Å². The summed E-state index contributed by atoms with van der Waals surface area (Å²) in [4.78, 5) is 19.4. The number of halogens is 1. The molecule has 0 aromatic carbocycles. The van der Waals surface area contributed by atoms with E-state index in [0.717, 1.165) is 33.9 Å². The van der Waals surface area contributed by atoms with Gasteiger partial charge in [0.2, 0.25) is 0 Å². The lowest BCUT2D eigenvalue weighted by Gasteiger charge is -2.00. The number of nitrogens with zero attached hydrogens (tertiary/aromatic N) is 1. The number of carbonyl (C=O) groups is 1. The maximum absolute atomic E-state index is 12.1. The van der Waals surface area contributed by atoms with Crippen molar-refractivity contribution in [1.29, 1.82) is 0 Å². The topological polar surface area (TPSA) is 45.8 Å². The summed E-state index contributed by atoms with van der Waals surface area (Å²) in [5.74, 6) is 0.206. The van der Waals surface area contributed by atoms with E-state index in [-0.39, 0.29) is 5.78 Å². The van der Waals surface area contributed by atoms with Crippen LogP contribution < -0.4 is 0 Å². The van der Waals surface area contributed by atoms with E-state index < -0.39 is 0 Å². The van der Waals surface area contributed by atoms with E-state index in [1.807, 2.05) is 6.07 Å². The molecule has 0 aliphatic rings. The Hall–Kier alpha value is -1.16. The Morgan fingerprint density at radius 1 is 1.39 bits per heavy atom. The second-order valence-electron chi connectivity index (χ2n) is 4.49. The number of carbonyl (C=O) groups excluding carboxylic acids is 1. The van der Waals surface area contributed by atoms with Gasteiger partial charge in [0.25, 0.3) is 0 Å². The highest BCUT2D eigenvalue weighted by molar-refractivity contribution is 9.10. The zero-order chi connectivity index (χ0) is 13.0. The number of aromatic amines is 1. The normalized spacial score (nSPS) is 11.0. The van der Waals surface area contributed by atoms with E-state index in [1.54, 1.807) is 12.4 Å². The minimum absolute atomic E-state index is 0.206. The van der Waals surface area contributed by atoms with Crippen LogP contribution >= 0.6 is 15.9 Å². The Balaban J connectivity index is 2.10. The van der Waals surface area contributed by atoms with Crippen LogP contribution in [0.3, 0.4) is 0 Å². The summed E-state index contributed by atoms with van der Waals surface area (Å²) >= 11 is 3.39. The fourth-order valence-corrected chi connectivity index (χ4v) is 2.39. The molecule has 0 unspecified atom stereocenters. The van der Waals surface area contributed by atoms with Crippen LogP contribution in [0.4, 0.5) is 0 Å². The molecule has 2 rings (SSSR count). The zero-order valence-electron chi connectivity index (χ0n) is 10.5. The van der Waals surface area contributed by atoms with Gasteiger partial charge in [-0.1, -0.05) is 26.2 Å². The highest BCUT2D eigenvalue weighted by Crippen LogP contribution is 2.22. The fourth-order valence-electron chi connectivity index (χ4n) is 2.06. The summed E-state index contributed by atoms with van der Waals surface area (Å²) in [5.41, 5.74) is 1.53. The molecule has 2 heterocycles. The van der Waals surface area contributed by atoms with Crippen LogP contribution in [-0.2, 0) is 0 Å². The summed E-state index contributed by atoms with van der Waals surface area (Å²) in [6, 6.07) is 1.94. The fraction of sp³-hybridized carbons (Fsp3) is 0.429. The first-order chi connectivity index (χ1) is 8.72. The van der Waals surface area contributed by atoms with Gasteiger partial charge in [-0.15, -0.1) is 0 Å². The largest absolute Gasteiger partial charge is 0.345 e. The minimum Gasteiger partial charge on any atom is -0.345 e. The molecule has 2 aromatic rings. The van der Waals surface area contributed by atoms with Crippen molar-refractivity contribution >= 4 is 32.7 Å². The SMILES string of the molecule is CCCCCCC(=O)c1c[nH]c2ncc(Br)cc12. The van der Waals surface area contributed by atoms with Gasteiger partial charge >= 0.3 is 0 Å². The smallest absolute Gasteiger partial charge is 0.165 e. The highest BCUT2D eigenvalue weighted by Gasteiger charge is 2.12. The van der Waals surface area contributed by atoms with Crippen molar-refractivity contribution in [2.75, 3.05) is 0 Å². The average Bonchev–Trinajstić information content (AvgIpc) is 2.77. The van der Waals surface area contributed by atoms with Crippen molar-refractivity contribution in [1.82, 2.24) is 9.97 Å². The van der Waals surface area contributed by atoms with E-state index in [9.17, 15) is 4.79 Å². The molecule has 3 nitrogen and oxygen atoms in total. The Kier molecular flexibility index (Phi) is 4.53. The Morgan fingerprint density at radius 3 is 3.00 bits per heavy atom. The number of pyridine rings is 1. The first-order valence-corrected chi connectivity index (χ1v) is 7.17. The third kappa shape index (κ3) is 2.99. The van der Waals surface area contributed by atoms with Gasteiger partial charge in [-0.25, -0.2) is 4.98 Å². The van der Waals surface area contributed by atoms with E-state index in [4.69, 9.17) is 0 Å². The highest BCUT2D eigenvalue weighted by atomic mass is 79.9. The molecule has 0 saturated heterocycles. The monoisotopic (exact) mass is 308 g/mol. The second-order valence-corrected chi connectivity index (χ2v) is 5.40. The van der Waals surface area contributed by atoms with Gasteiger partial charge in [0.05, 0.1) is 0 Å². The molecule has 0 aliphatic carbocycles. The van der Waals surface area contributed by atoms with Crippen LogP contribution in [0.1, 0.15) is 49.4 Å². The predicted molar refractivity (Wildman–Crippen MR) is 76.9 cm³/mol. The summed E-state index contributed by atoms with van der Waals surface area (Å²) in [6.07, 6.45) is 8.62. The lowest BCUT2D eigenvalue weighted by atomic mass is 10.0. The maximum atomic E-state index is 12.1. The zero-order valence-corrected chi connectivity index (χ0v) is 12.1. The van der Waals surface area contributed by atoms with Crippen molar-refractivity contribution in [2.24, 2.45) is 0 Å². The summed E-state index contributed by atoms with van der Waals surface area (Å²) in [6.45, 7) is 2.17. The predicted octanol–water partition coefficient (Wildman–Crippen LogP) is 4.48. The van der Waals surface area contributed by atoms with Crippen molar-refractivity contribution in [3.05, 3.63) is 28.5 Å². The van der Waals surface area contributed by atoms with Crippen LogP contribution in [0.15, 0.2) is 22.9 Å². The molecular weight excluding hydrogens is 292 g/mol. The number of aromatic nitrogens is 2. The van der Waals surface area contributed by atoms with E-state index in [2.05, 4.69) is 32.8 Å². The molecule has 4 heteroatoms. The van der Waals surface area contributed by atoms with E-state index in [0.29, 0.717) is 6.42 Å². The molecule has 0 bridgehead atoms. The van der Waals surface area contributed by atoms with Crippen LogP contribution in [-0.4, -0.2) is 15.8 Å². The molecule has 0 spiro atoms. The number of hydrogen-bond donors (Lipinski definition) is 1. The molecule has 0 atom stereocenters. The van der Waals surface area contributed by atoms with Crippen LogP contribution in [0, 0.1) is 0 Å². The van der Waals surface area contributed by atoms with Crippen LogP contribution in [0.2, 0.25) is 0 Å². The third-order valence-corrected chi connectivity index (χ3v) is 3.49. The van der Waals surface area contributed by atoms with Crippen molar-refractivity contribution in [3.63, 3.8) is 0 Å². The average molecular weight is 309 g/mol. The van der Waals surface area contributed by atoms with Crippen molar-refractivity contribution in [3.8, 4) is 0 Å². The Labute approximate surface area is 115 Å². The molecule has 0 aliphatic heterocycles. The van der Waals surface area contributed by atoms with Gasteiger partial charge in [0.15, 0.2) is 5.78 Å². The first-order valence-electron chi connectivity index (χ1n) is 6.38. The van der Waals surface area contributed by atoms with Crippen molar-refractivity contribution in [2.45, 2.75) is 39.0 Å². The third-order valence-electron chi connectivity index (χ3n) is 3.06. The number of fused-ring (bicyclic) bond motifs is 1. The van der Waals surface area contributed by atoms with E-state index >= 15 is 0 Å². The molecule has 0 radical (unpaired) electrons. The number of nitrogens with one attached hydrogen (secondary N) is 1. The number of hydrogen-bond acceptors (Lipinski definition) is 2. The number of H-pyrrole nitrogens is 1. The maximum Gasteiger partial charge on any atom is 0.165 e. The summed E-state index contributed by atoms with van der Waals surface area (Å²) in [7, 11) is 0. The molecule has 0 amide bonds. The van der Waals surface area contributed by atoms with Crippen LogP contribution in [0.25, 0.3) is 11.0 Å². The van der Waals surface area contributed by atoms with E-state index in [1.165, 1.54) is 12.8 Å². The van der Waals surface area contributed by atoms with Gasteiger partial charge < -0.3 is 4.98 Å². The molecule has 96 valence electrons. The number of rotatable bonds is 6. The lowest BCUT2D eigenvalue weighted by Crippen LogP contribution is -1.97. The van der Waals surface area contributed by atoms with Crippen LogP contribution in [0.5, 0.6) is 0 Å². The summed E-state index contributed by atoms with van der Waals surface area (Å²) < 4.78 is 0.898. The Bertz CT molecular complexity index is 548. The summed E-state index contributed by atoms with van der Waals surface area (Å²) in [5, 5.41) is 0.907. The quantitative estimate of drug-likeness (QED) is 0.631. The Morgan fingerprint density at radius 2 is 2.22 bits per heavy atom. The van der Waals surface area contributed by atoms with Gasteiger partial charge in [-0.2, -0.15) is 0 Å².